The van der Waals surface area contributed by atoms with Crippen molar-refractivity contribution in [2.75, 3.05) is 6.54 Å². The second kappa shape index (κ2) is 6.91. The van der Waals surface area contributed by atoms with Gasteiger partial charge in [0, 0.05) is 17.5 Å². The Morgan fingerprint density at radius 3 is 2.85 bits per heavy atom. The summed E-state index contributed by atoms with van der Waals surface area (Å²) < 4.78 is 0. The fourth-order valence-corrected chi connectivity index (χ4v) is 2.56. The van der Waals surface area contributed by atoms with E-state index in [2.05, 4.69) is 0 Å². The third kappa shape index (κ3) is 3.96. The van der Waals surface area contributed by atoms with Crippen molar-refractivity contribution in [2.45, 2.75) is 13.5 Å². The summed E-state index contributed by atoms with van der Waals surface area (Å²) in [5, 5.41) is 11.4. The van der Waals surface area contributed by atoms with Crippen LogP contribution in [0.15, 0.2) is 47.9 Å². The second-order valence-corrected chi connectivity index (χ2v) is 5.39. The van der Waals surface area contributed by atoms with Crippen molar-refractivity contribution in [3.05, 3.63) is 58.3 Å². The Bertz CT molecular complexity index is 590. The van der Waals surface area contributed by atoms with Crippen molar-refractivity contribution in [3.8, 4) is 5.75 Å². The number of phenols is 1. The molecule has 0 aliphatic heterocycles. The molecule has 0 saturated carbocycles. The number of carbonyl (C=O) groups excluding carboxylic acids is 1. The maximum absolute atomic E-state index is 12.1. The molecule has 1 amide bonds. The number of hydrogen-bond acceptors (Lipinski definition) is 3. The second-order valence-electron chi connectivity index (χ2n) is 4.36. The summed E-state index contributed by atoms with van der Waals surface area (Å²) in [5.74, 6) is 0.176. The molecule has 2 aromatic rings. The summed E-state index contributed by atoms with van der Waals surface area (Å²) in [6.07, 6.45) is 3.27. The lowest BCUT2D eigenvalue weighted by Crippen LogP contribution is -2.28. The Morgan fingerprint density at radius 2 is 2.20 bits per heavy atom. The SMILES string of the molecule is CCN(Cc1cccs1)C(=O)C=Cc1cccc(O)c1. The molecule has 0 fully saturated rings. The van der Waals surface area contributed by atoms with Gasteiger partial charge in [0.05, 0.1) is 6.54 Å². The van der Waals surface area contributed by atoms with Gasteiger partial charge in [0.25, 0.3) is 0 Å². The van der Waals surface area contributed by atoms with Gasteiger partial charge < -0.3 is 10.0 Å². The minimum Gasteiger partial charge on any atom is -0.508 e. The van der Waals surface area contributed by atoms with Gasteiger partial charge in [-0.1, -0.05) is 18.2 Å². The summed E-state index contributed by atoms with van der Waals surface area (Å²) in [6.45, 7) is 3.27. The number of thiophene rings is 1. The highest BCUT2D eigenvalue weighted by Crippen LogP contribution is 2.14. The minimum absolute atomic E-state index is 0.0238. The first-order valence-electron chi connectivity index (χ1n) is 6.47. The predicted molar refractivity (Wildman–Crippen MR) is 82.6 cm³/mol. The van der Waals surface area contributed by atoms with Crippen LogP contribution >= 0.6 is 11.3 Å². The van der Waals surface area contributed by atoms with Crippen molar-refractivity contribution in [2.24, 2.45) is 0 Å². The van der Waals surface area contributed by atoms with Crippen molar-refractivity contribution in [3.63, 3.8) is 0 Å². The third-order valence-electron chi connectivity index (χ3n) is 2.91. The molecule has 0 radical (unpaired) electrons. The first-order chi connectivity index (χ1) is 9.69. The minimum atomic E-state index is -0.0238. The smallest absolute Gasteiger partial charge is 0.246 e. The van der Waals surface area contributed by atoms with Crippen molar-refractivity contribution < 1.29 is 9.90 Å². The van der Waals surface area contributed by atoms with Crippen LogP contribution < -0.4 is 0 Å². The highest BCUT2D eigenvalue weighted by atomic mass is 32.1. The van der Waals surface area contributed by atoms with Crippen molar-refractivity contribution >= 4 is 23.3 Å². The van der Waals surface area contributed by atoms with E-state index in [0.717, 1.165) is 5.56 Å². The molecule has 2 rings (SSSR count). The predicted octanol–water partition coefficient (Wildman–Crippen LogP) is 3.52. The molecule has 1 heterocycles. The summed E-state index contributed by atoms with van der Waals surface area (Å²) in [6, 6.07) is 10.8. The normalized spacial score (nSPS) is 10.8. The van der Waals surface area contributed by atoms with E-state index in [9.17, 15) is 9.90 Å². The Balaban J connectivity index is 2.02. The van der Waals surface area contributed by atoms with Gasteiger partial charge in [-0.2, -0.15) is 0 Å². The zero-order chi connectivity index (χ0) is 14.4. The molecule has 0 unspecified atom stereocenters. The van der Waals surface area contributed by atoms with Crippen LogP contribution in [0.1, 0.15) is 17.4 Å². The number of phenolic OH excluding ortho intramolecular Hbond substituents is 1. The van der Waals surface area contributed by atoms with Gasteiger partial charge in [-0.3, -0.25) is 4.79 Å². The van der Waals surface area contributed by atoms with Gasteiger partial charge in [-0.05, 0) is 42.1 Å². The highest BCUT2D eigenvalue weighted by molar-refractivity contribution is 7.09. The van der Waals surface area contributed by atoms with E-state index in [0.29, 0.717) is 13.1 Å². The van der Waals surface area contributed by atoms with Gasteiger partial charge in [0.15, 0.2) is 0 Å². The number of benzene rings is 1. The highest BCUT2D eigenvalue weighted by Gasteiger charge is 2.09. The number of carbonyl (C=O) groups is 1. The van der Waals surface area contributed by atoms with Gasteiger partial charge in [0.1, 0.15) is 5.75 Å². The largest absolute Gasteiger partial charge is 0.508 e. The summed E-state index contributed by atoms with van der Waals surface area (Å²) in [5.41, 5.74) is 0.811. The summed E-state index contributed by atoms with van der Waals surface area (Å²) >= 11 is 1.65. The van der Waals surface area contributed by atoms with Crippen LogP contribution in [-0.4, -0.2) is 22.5 Å². The van der Waals surface area contributed by atoms with Crippen LogP contribution in [0.3, 0.4) is 0 Å². The van der Waals surface area contributed by atoms with E-state index in [-0.39, 0.29) is 11.7 Å². The molecule has 104 valence electrons. The quantitative estimate of drug-likeness (QED) is 0.855. The molecule has 0 aliphatic rings. The van der Waals surface area contributed by atoms with Crippen molar-refractivity contribution in [1.82, 2.24) is 4.90 Å². The van der Waals surface area contributed by atoms with E-state index in [1.165, 1.54) is 4.88 Å². The topological polar surface area (TPSA) is 40.5 Å². The molecule has 0 spiro atoms. The fraction of sp³-hybridized carbons (Fsp3) is 0.188. The van der Waals surface area contributed by atoms with E-state index >= 15 is 0 Å². The molecule has 3 nitrogen and oxygen atoms in total. The number of amides is 1. The molecule has 4 heteroatoms. The molecular weight excluding hydrogens is 270 g/mol. The molecular formula is C16H17NO2S. The van der Waals surface area contributed by atoms with Crippen LogP contribution in [-0.2, 0) is 11.3 Å². The number of likely N-dealkylation sites (N-methyl/N-ethyl adjacent to an activating group) is 1. The maximum Gasteiger partial charge on any atom is 0.246 e. The van der Waals surface area contributed by atoms with Crippen LogP contribution in [0.25, 0.3) is 6.08 Å². The number of rotatable bonds is 5. The Kier molecular flexibility index (Phi) is 4.96. The molecule has 0 saturated heterocycles. The maximum atomic E-state index is 12.1. The average Bonchev–Trinajstić information content (AvgIpc) is 2.95. The van der Waals surface area contributed by atoms with Crippen molar-refractivity contribution in [1.29, 1.82) is 0 Å². The van der Waals surface area contributed by atoms with E-state index in [4.69, 9.17) is 0 Å². The molecule has 1 aromatic carbocycles. The van der Waals surface area contributed by atoms with E-state index in [1.807, 2.05) is 30.5 Å². The lowest BCUT2D eigenvalue weighted by Gasteiger charge is -2.18. The summed E-state index contributed by atoms with van der Waals surface area (Å²) in [4.78, 5) is 15.1. The number of aromatic hydroxyl groups is 1. The summed E-state index contributed by atoms with van der Waals surface area (Å²) in [7, 11) is 0. The fourth-order valence-electron chi connectivity index (χ4n) is 1.84. The van der Waals surface area contributed by atoms with Gasteiger partial charge >= 0.3 is 0 Å². The number of hydrogen-bond donors (Lipinski definition) is 1. The first kappa shape index (κ1) is 14.3. The zero-order valence-corrected chi connectivity index (χ0v) is 12.1. The van der Waals surface area contributed by atoms with Gasteiger partial charge in [-0.15, -0.1) is 11.3 Å². The average molecular weight is 287 g/mol. The molecule has 0 atom stereocenters. The Hall–Kier alpha value is -2.07. The van der Waals surface area contributed by atoms with Crippen LogP contribution in [0, 0.1) is 0 Å². The number of nitrogens with zero attached hydrogens (tertiary/aromatic N) is 1. The lowest BCUT2D eigenvalue weighted by molar-refractivity contribution is -0.126. The monoisotopic (exact) mass is 287 g/mol. The Labute approximate surface area is 122 Å². The van der Waals surface area contributed by atoms with E-state index < -0.39 is 0 Å². The van der Waals surface area contributed by atoms with Gasteiger partial charge in [0.2, 0.25) is 5.91 Å². The molecule has 1 N–H and O–H groups in total. The standard InChI is InChI=1S/C16H17NO2S/c1-2-17(12-15-7-4-10-20-15)16(19)9-8-13-5-3-6-14(18)11-13/h3-11,18H,2,12H2,1H3. The van der Waals surface area contributed by atoms with Crippen LogP contribution in [0.5, 0.6) is 5.75 Å². The third-order valence-corrected chi connectivity index (χ3v) is 3.77. The molecule has 0 bridgehead atoms. The molecule has 1 aromatic heterocycles. The molecule has 20 heavy (non-hydrogen) atoms. The van der Waals surface area contributed by atoms with Crippen LogP contribution in [0.4, 0.5) is 0 Å². The molecule has 0 aliphatic carbocycles. The van der Waals surface area contributed by atoms with Crippen LogP contribution in [0.2, 0.25) is 0 Å². The van der Waals surface area contributed by atoms with Gasteiger partial charge in [-0.25, -0.2) is 0 Å². The van der Waals surface area contributed by atoms with E-state index in [1.54, 1.807) is 46.6 Å². The Morgan fingerprint density at radius 1 is 1.35 bits per heavy atom. The zero-order valence-electron chi connectivity index (χ0n) is 11.3. The lowest BCUT2D eigenvalue weighted by atomic mass is 10.2. The first-order valence-corrected chi connectivity index (χ1v) is 7.35.